The number of nitrogens with one attached hydrogen (secondary N) is 1. The molecule has 0 fully saturated rings. The molecule has 0 aliphatic carbocycles. The molecule has 0 aromatic carbocycles. The SMILES string of the molecule is Cc1nc(-c2ccsc2)sc1C(=O)Nc1nnc(C(C)C)s1. The lowest BCUT2D eigenvalue weighted by Gasteiger charge is -1.98. The van der Waals surface area contributed by atoms with Crippen molar-refractivity contribution in [3.63, 3.8) is 0 Å². The third-order valence-electron chi connectivity index (χ3n) is 2.93. The van der Waals surface area contributed by atoms with Crippen LogP contribution in [-0.4, -0.2) is 21.1 Å². The summed E-state index contributed by atoms with van der Waals surface area (Å²) in [5.41, 5.74) is 1.78. The molecule has 0 saturated carbocycles. The van der Waals surface area contributed by atoms with Crippen LogP contribution >= 0.6 is 34.0 Å². The average Bonchev–Trinajstić information content (AvgIpc) is 3.16. The van der Waals surface area contributed by atoms with E-state index >= 15 is 0 Å². The number of nitrogens with zero attached hydrogens (tertiary/aromatic N) is 3. The molecule has 22 heavy (non-hydrogen) atoms. The van der Waals surface area contributed by atoms with Crippen LogP contribution in [0.5, 0.6) is 0 Å². The molecule has 0 unspecified atom stereocenters. The predicted octanol–water partition coefficient (Wildman–Crippen LogP) is 4.41. The average molecular weight is 350 g/mol. The lowest BCUT2D eigenvalue weighted by molar-refractivity contribution is 0.102. The van der Waals surface area contributed by atoms with Gasteiger partial charge in [-0.25, -0.2) is 4.98 Å². The largest absolute Gasteiger partial charge is 0.296 e. The highest BCUT2D eigenvalue weighted by Gasteiger charge is 2.18. The number of rotatable bonds is 4. The predicted molar refractivity (Wildman–Crippen MR) is 92.1 cm³/mol. The van der Waals surface area contributed by atoms with Crippen molar-refractivity contribution in [1.29, 1.82) is 0 Å². The van der Waals surface area contributed by atoms with E-state index in [1.165, 1.54) is 22.7 Å². The van der Waals surface area contributed by atoms with Crippen LogP contribution in [0.2, 0.25) is 0 Å². The highest BCUT2D eigenvalue weighted by Crippen LogP contribution is 2.30. The van der Waals surface area contributed by atoms with E-state index in [4.69, 9.17) is 0 Å². The van der Waals surface area contributed by atoms with Crippen molar-refractivity contribution in [2.45, 2.75) is 26.7 Å². The summed E-state index contributed by atoms with van der Waals surface area (Å²) in [5.74, 6) is 0.126. The first kappa shape index (κ1) is 15.3. The van der Waals surface area contributed by atoms with Crippen molar-refractivity contribution >= 4 is 45.0 Å². The van der Waals surface area contributed by atoms with Crippen molar-refractivity contribution in [2.24, 2.45) is 0 Å². The van der Waals surface area contributed by atoms with Gasteiger partial charge in [0.2, 0.25) is 5.13 Å². The summed E-state index contributed by atoms with van der Waals surface area (Å²) in [6.07, 6.45) is 0. The van der Waals surface area contributed by atoms with E-state index in [1.807, 2.05) is 37.6 Å². The van der Waals surface area contributed by atoms with Gasteiger partial charge in [-0.3, -0.25) is 10.1 Å². The molecule has 1 N–H and O–H groups in total. The molecule has 8 heteroatoms. The molecule has 114 valence electrons. The van der Waals surface area contributed by atoms with Crippen LogP contribution < -0.4 is 5.32 Å². The second kappa shape index (κ2) is 6.23. The molecular weight excluding hydrogens is 336 g/mol. The number of thiophene rings is 1. The second-order valence-electron chi connectivity index (χ2n) is 5.00. The van der Waals surface area contributed by atoms with Crippen molar-refractivity contribution in [1.82, 2.24) is 15.2 Å². The fourth-order valence-electron chi connectivity index (χ4n) is 1.79. The van der Waals surface area contributed by atoms with Crippen LogP contribution in [0.15, 0.2) is 16.8 Å². The molecule has 0 aliphatic heterocycles. The van der Waals surface area contributed by atoms with Crippen LogP contribution in [0, 0.1) is 6.92 Å². The number of hydrogen-bond donors (Lipinski definition) is 1. The Morgan fingerprint density at radius 2 is 2.09 bits per heavy atom. The lowest BCUT2D eigenvalue weighted by atomic mass is 10.2. The molecule has 3 rings (SSSR count). The summed E-state index contributed by atoms with van der Waals surface area (Å²) >= 11 is 4.42. The smallest absolute Gasteiger partial charge is 0.269 e. The Balaban J connectivity index is 1.80. The van der Waals surface area contributed by atoms with Crippen LogP contribution in [-0.2, 0) is 0 Å². The lowest BCUT2D eigenvalue weighted by Crippen LogP contribution is -2.11. The van der Waals surface area contributed by atoms with Gasteiger partial charge in [0.25, 0.3) is 5.91 Å². The van der Waals surface area contributed by atoms with Gasteiger partial charge in [-0.15, -0.1) is 21.5 Å². The third kappa shape index (κ3) is 3.08. The summed E-state index contributed by atoms with van der Waals surface area (Å²) in [5, 5.41) is 17.2. The maximum absolute atomic E-state index is 12.4. The minimum Gasteiger partial charge on any atom is -0.296 e. The fourth-order valence-corrected chi connectivity index (χ4v) is 4.20. The zero-order valence-corrected chi connectivity index (χ0v) is 14.7. The van der Waals surface area contributed by atoms with Crippen molar-refractivity contribution in [3.05, 3.63) is 32.4 Å². The van der Waals surface area contributed by atoms with Crippen LogP contribution in [0.4, 0.5) is 5.13 Å². The summed E-state index contributed by atoms with van der Waals surface area (Å²) in [6.45, 7) is 5.94. The molecule has 1 amide bonds. The van der Waals surface area contributed by atoms with E-state index < -0.39 is 0 Å². The Morgan fingerprint density at radius 1 is 1.27 bits per heavy atom. The Kier molecular flexibility index (Phi) is 4.32. The minimum absolute atomic E-state index is 0.178. The molecule has 3 aromatic rings. The molecule has 0 saturated heterocycles. The van der Waals surface area contributed by atoms with Gasteiger partial charge >= 0.3 is 0 Å². The standard InChI is InChI=1S/C14H14N4OS3/c1-7(2)12-17-18-14(22-12)16-11(19)10-8(3)15-13(21-10)9-4-5-20-6-9/h4-7H,1-3H3,(H,16,18,19). The van der Waals surface area contributed by atoms with Crippen molar-refractivity contribution < 1.29 is 4.79 Å². The van der Waals surface area contributed by atoms with E-state index in [0.717, 1.165) is 21.3 Å². The van der Waals surface area contributed by atoms with Crippen molar-refractivity contribution in [3.8, 4) is 10.6 Å². The first-order valence-electron chi connectivity index (χ1n) is 6.69. The number of aryl methyl sites for hydroxylation is 1. The molecule has 3 aromatic heterocycles. The molecule has 0 bridgehead atoms. The van der Waals surface area contributed by atoms with Gasteiger partial charge in [0, 0.05) is 16.9 Å². The van der Waals surface area contributed by atoms with E-state index in [2.05, 4.69) is 20.5 Å². The zero-order valence-electron chi connectivity index (χ0n) is 12.3. The quantitative estimate of drug-likeness (QED) is 0.757. The monoisotopic (exact) mass is 350 g/mol. The fraction of sp³-hybridized carbons (Fsp3) is 0.286. The number of carbonyl (C=O) groups excluding carboxylic acids is 1. The van der Waals surface area contributed by atoms with Gasteiger partial charge in [-0.05, 0) is 18.4 Å². The minimum atomic E-state index is -0.178. The van der Waals surface area contributed by atoms with E-state index in [0.29, 0.717) is 15.9 Å². The third-order valence-corrected chi connectivity index (χ3v) is 5.95. The summed E-state index contributed by atoms with van der Waals surface area (Å²) in [6, 6.07) is 2.00. The summed E-state index contributed by atoms with van der Waals surface area (Å²) in [4.78, 5) is 17.5. The van der Waals surface area contributed by atoms with Gasteiger partial charge < -0.3 is 0 Å². The number of hydrogen-bond acceptors (Lipinski definition) is 7. The van der Waals surface area contributed by atoms with Crippen LogP contribution in [0.3, 0.4) is 0 Å². The number of anilines is 1. The van der Waals surface area contributed by atoms with Gasteiger partial charge in [0.1, 0.15) is 14.9 Å². The first-order chi connectivity index (χ1) is 10.5. The number of carbonyl (C=O) groups is 1. The Labute approximate surface area is 140 Å². The molecular formula is C14H14N4OS3. The maximum Gasteiger partial charge on any atom is 0.269 e. The van der Waals surface area contributed by atoms with E-state index in [9.17, 15) is 4.79 Å². The molecule has 0 radical (unpaired) electrons. The van der Waals surface area contributed by atoms with E-state index in [1.54, 1.807) is 11.3 Å². The highest BCUT2D eigenvalue weighted by atomic mass is 32.1. The van der Waals surface area contributed by atoms with Gasteiger partial charge in [-0.2, -0.15) is 11.3 Å². The highest BCUT2D eigenvalue weighted by molar-refractivity contribution is 7.18. The van der Waals surface area contributed by atoms with E-state index in [-0.39, 0.29) is 5.91 Å². The number of thiazole rings is 1. The summed E-state index contributed by atoms with van der Waals surface area (Å²) < 4.78 is 0. The van der Waals surface area contributed by atoms with Gasteiger partial charge in [-0.1, -0.05) is 25.2 Å². The molecule has 5 nitrogen and oxygen atoms in total. The van der Waals surface area contributed by atoms with Crippen LogP contribution in [0.25, 0.3) is 10.6 Å². The van der Waals surface area contributed by atoms with Gasteiger partial charge in [0.05, 0.1) is 5.69 Å². The number of amides is 1. The Hall–Kier alpha value is -1.64. The molecule has 0 spiro atoms. The Morgan fingerprint density at radius 3 is 2.73 bits per heavy atom. The molecule has 0 atom stereocenters. The molecule has 3 heterocycles. The zero-order chi connectivity index (χ0) is 15.7. The summed E-state index contributed by atoms with van der Waals surface area (Å²) in [7, 11) is 0. The van der Waals surface area contributed by atoms with Gasteiger partial charge in [0.15, 0.2) is 0 Å². The molecule has 0 aliphatic rings. The normalized spacial score (nSPS) is 11.1. The van der Waals surface area contributed by atoms with Crippen LogP contribution in [0.1, 0.15) is 40.1 Å². The topological polar surface area (TPSA) is 67.8 Å². The maximum atomic E-state index is 12.4. The Bertz CT molecular complexity index is 789. The van der Waals surface area contributed by atoms with Crippen molar-refractivity contribution in [2.75, 3.05) is 5.32 Å². The first-order valence-corrected chi connectivity index (χ1v) is 9.27. The number of aromatic nitrogens is 3. The second-order valence-corrected chi connectivity index (χ2v) is 7.79.